The zero-order valence-electron chi connectivity index (χ0n) is 8.98. The summed E-state index contributed by atoms with van der Waals surface area (Å²) in [5.41, 5.74) is 2.97. The van der Waals surface area contributed by atoms with E-state index in [1.54, 1.807) is 5.57 Å². The van der Waals surface area contributed by atoms with Crippen molar-refractivity contribution in [3.05, 3.63) is 23.3 Å². The van der Waals surface area contributed by atoms with Crippen LogP contribution in [0, 0.1) is 0 Å². The summed E-state index contributed by atoms with van der Waals surface area (Å²) < 4.78 is 0. The third-order valence-electron chi connectivity index (χ3n) is 1.86. The molecule has 0 aliphatic heterocycles. The van der Waals surface area contributed by atoms with Crippen LogP contribution in [0.4, 0.5) is 0 Å². The standard InChI is InChI=1S/C12H22/c1-5-8-12(4)10-7-6-9-11(2)3/h9-10H,5-8H2,1-4H3. The van der Waals surface area contributed by atoms with Crippen LogP contribution in [-0.2, 0) is 0 Å². The van der Waals surface area contributed by atoms with Crippen molar-refractivity contribution in [2.75, 3.05) is 0 Å². The first-order chi connectivity index (χ1) is 5.66. The maximum absolute atomic E-state index is 2.36. The van der Waals surface area contributed by atoms with Crippen molar-refractivity contribution in [2.24, 2.45) is 0 Å². The second kappa shape index (κ2) is 7.15. The number of hydrogen-bond acceptors (Lipinski definition) is 0. The topological polar surface area (TPSA) is 0 Å². The van der Waals surface area contributed by atoms with Crippen LogP contribution in [0.25, 0.3) is 0 Å². The second-order valence-electron chi connectivity index (χ2n) is 3.66. The summed E-state index contributed by atoms with van der Waals surface area (Å²) >= 11 is 0. The summed E-state index contributed by atoms with van der Waals surface area (Å²) in [5, 5.41) is 0. The maximum atomic E-state index is 2.36. The molecule has 0 nitrogen and oxygen atoms in total. The minimum atomic E-state index is 1.20. The van der Waals surface area contributed by atoms with Gasteiger partial charge in [0.25, 0.3) is 0 Å². The molecule has 0 fully saturated rings. The van der Waals surface area contributed by atoms with Gasteiger partial charge in [-0.15, -0.1) is 0 Å². The molecule has 0 aromatic heterocycles. The third kappa shape index (κ3) is 7.59. The van der Waals surface area contributed by atoms with E-state index in [0.717, 1.165) is 0 Å². The van der Waals surface area contributed by atoms with Gasteiger partial charge < -0.3 is 0 Å². The summed E-state index contributed by atoms with van der Waals surface area (Å²) in [6.07, 6.45) is 9.60. The van der Waals surface area contributed by atoms with Crippen molar-refractivity contribution in [3.8, 4) is 0 Å². The molecule has 0 heterocycles. The van der Waals surface area contributed by atoms with E-state index in [-0.39, 0.29) is 0 Å². The molecular weight excluding hydrogens is 144 g/mol. The van der Waals surface area contributed by atoms with Gasteiger partial charge in [0.1, 0.15) is 0 Å². The Kier molecular flexibility index (Phi) is 6.84. The van der Waals surface area contributed by atoms with Gasteiger partial charge in [-0.1, -0.05) is 36.6 Å². The molecule has 0 atom stereocenters. The summed E-state index contributed by atoms with van der Waals surface area (Å²) in [4.78, 5) is 0. The molecule has 0 unspecified atom stereocenters. The van der Waals surface area contributed by atoms with Crippen molar-refractivity contribution in [3.63, 3.8) is 0 Å². The average molecular weight is 166 g/mol. The van der Waals surface area contributed by atoms with Crippen molar-refractivity contribution in [1.29, 1.82) is 0 Å². The van der Waals surface area contributed by atoms with Crippen molar-refractivity contribution >= 4 is 0 Å². The van der Waals surface area contributed by atoms with Gasteiger partial charge in [-0.05, 0) is 40.0 Å². The van der Waals surface area contributed by atoms with E-state index in [0.29, 0.717) is 0 Å². The van der Waals surface area contributed by atoms with Crippen molar-refractivity contribution < 1.29 is 0 Å². The van der Waals surface area contributed by atoms with Gasteiger partial charge in [-0.3, -0.25) is 0 Å². The Bertz CT molecular complexity index is 157. The molecule has 0 aliphatic rings. The van der Waals surface area contributed by atoms with Crippen LogP contribution in [0.5, 0.6) is 0 Å². The van der Waals surface area contributed by atoms with Crippen LogP contribution in [0.1, 0.15) is 53.4 Å². The van der Waals surface area contributed by atoms with Gasteiger partial charge in [0.05, 0.1) is 0 Å². The fourth-order valence-corrected chi connectivity index (χ4v) is 1.20. The lowest BCUT2D eigenvalue weighted by Crippen LogP contribution is -1.76. The van der Waals surface area contributed by atoms with Crippen LogP contribution >= 0.6 is 0 Å². The normalized spacial score (nSPS) is 11.5. The highest BCUT2D eigenvalue weighted by Crippen LogP contribution is 2.06. The molecule has 0 saturated heterocycles. The van der Waals surface area contributed by atoms with E-state index >= 15 is 0 Å². The molecule has 0 spiro atoms. The zero-order chi connectivity index (χ0) is 9.40. The molecule has 0 aliphatic carbocycles. The Balaban J connectivity index is 3.53. The maximum Gasteiger partial charge on any atom is -0.0313 e. The van der Waals surface area contributed by atoms with Gasteiger partial charge in [0, 0.05) is 0 Å². The Hall–Kier alpha value is -0.520. The molecule has 0 radical (unpaired) electrons. The lowest BCUT2D eigenvalue weighted by Gasteiger charge is -1.96. The first-order valence-electron chi connectivity index (χ1n) is 4.95. The summed E-state index contributed by atoms with van der Waals surface area (Å²) in [7, 11) is 0. The molecule has 0 bridgehead atoms. The van der Waals surface area contributed by atoms with Crippen molar-refractivity contribution in [1.82, 2.24) is 0 Å². The summed E-state index contributed by atoms with van der Waals surface area (Å²) in [5.74, 6) is 0. The number of allylic oxidation sites excluding steroid dienone is 4. The molecule has 0 aromatic rings. The zero-order valence-corrected chi connectivity index (χ0v) is 8.98. The molecule has 0 rings (SSSR count). The molecular formula is C12H22. The number of unbranched alkanes of at least 4 members (excludes halogenated alkanes) is 1. The lowest BCUT2D eigenvalue weighted by molar-refractivity contribution is 0.888. The van der Waals surface area contributed by atoms with E-state index in [1.165, 1.54) is 31.3 Å². The van der Waals surface area contributed by atoms with E-state index in [9.17, 15) is 0 Å². The minimum Gasteiger partial charge on any atom is -0.0856 e. The molecule has 0 aromatic carbocycles. The van der Waals surface area contributed by atoms with Crippen LogP contribution in [0.3, 0.4) is 0 Å². The molecule has 0 heteroatoms. The first-order valence-corrected chi connectivity index (χ1v) is 4.95. The van der Waals surface area contributed by atoms with Crippen LogP contribution in [-0.4, -0.2) is 0 Å². The Labute approximate surface area is 77.4 Å². The predicted molar refractivity (Wildman–Crippen MR) is 57.3 cm³/mol. The monoisotopic (exact) mass is 166 g/mol. The van der Waals surface area contributed by atoms with Gasteiger partial charge >= 0.3 is 0 Å². The quantitative estimate of drug-likeness (QED) is 0.417. The molecule has 12 heavy (non-hydrogen) atoms. The average Bonchev–Trinajstić information content (AvgIpc) is 1.98. The van der Waals surface area contributed by atoms with Crippen molar-refractivity contribution in [2.45, 2.75) is 53.4 Å². The second-order valence-corrected chi connectivity index (χ2v) is 3.66. The smallest absolute Gasteiger partial charge is 0.0313 e. The van der Waals surface area contributed by atoms with Gasteiger partial charge in [0.2, 0.25) is 0 Å². The summed E-state index contributed by atoms with van der Waals surface area (Å²) in [6.45, 7) is 8.77. The van der Waals surface area contributed by atoms with E-state index in [1.807, 2.05) is 0 Å². The van der Waals surface area contributed by atoms with Crippen LogP contribution in [0.2, 0.25) is 0 Å². The summed E-state index contributed by atoms with van der Waals surface area (Å²) in [6, 6.07) is 0. The van der Waals surface area contributed by atoms with E-state index < -0.39 is 0 Å². The highest BCUT2D eigenvalue weighted by atomic mass is 13.9. The fraction of sp³-hybridized carbons (Fsp3) is 0.667. The Morgan fingerprint density at radius 1 is 1.00 bits per heavy atom. The number of hydrogen-bond donors (Lipinski definition) is 0. The molecule has 70 valence electrons. The molecule has 0 N–H and O–H groups in total. The fourth-order valence-electron chi connectivity index (χ4n) is 1.20. The number of rotatable bonds is 5. The molecule has 0 saturated carbocycles. The SMILES string of the molecule is CCCC(C)=CCCC=C(C)C. The predicted octanol–water partition coefficient (Wildman–Crippen LogP) is 4.48. The Morgan fingerprint density at radius 3 is 2.08 bits per heavy atom. The highest BCUT2D eigenvalue weighted by molar-refractivity contribution is 5.00. The lowest BCUT2D eigenvalue weighted by atomic mass is 10.1. The highest BCUT2D eigenvalue weighted by Gasteiger charge is 1.86. The Morgan fingerprint density at radius 2 is 1.58 bits per heavy atom. The molecule has 0 amide bonds. The van der Waals surface area contributed by atoms with E-state index in [4.69, 9.17) is 0 Å². The largest absolute Gasteiger partial charge is 0.0856 e. The van der Waals surface area contributed by atoms with Gasteiger partial charge in [-0.25, -0.2) is 0 Å². The minimum absolute atomic E-state index is 1.20. The van der Waals surface area contributed by atoms with E-state index in [2.05, 4.69) is 39.8 Å². The van der Waals surface area contributed by atoms with Gasteiger partial charge in [0.15, 0.2) is 0 Å². The first kappa shape index (κ1) is 11.5. The van der Waals surface area contributed by atoms with Gasteiger partial charge in [-0.2, -0.15) is 0 Å². The third-order valence-corrected chi connectivity index (χ3v) is 1.86. The van der Waals surface area contributed by atoms with Crippen LogP contribution in [0.15, 0.2) is 23.3 Å². The van der Waals surface area contributed by atoms with Crippen LogP contribution < -0.4 is 0 Å².